The molecule has 0 spiro atoms. The molecule has 158 valence electrons. The van der Waals surface area contributed by atoms with Gasteiger partial charge in [-0.05, 0) is 61.5 Å². The van der Waals surface area contributed by atoms with Crippen molar-refractivity contribution in [2.45, 2.75) is 13.0 Å². The third-order valence-electron chi connectivity index (χ3n) is 4.23. The summed E-state index contributed by atoms with van der Waals surface area (Å²) >= 11 is 3.34. The third-order valence-corrected chi connectivity index (χ3v) is 4.75. The Bertz CT molecular complexity index is 1100. The Morgan fingerprint density at radius 2 is 1.58 bits per heavy atom. The fraction of sp³-hybridized carbons (Fsp3) is 0.0909. The van der Waals surface area contributed by atoms with Crippen molar-refractivity contribution in [3.05, 3.63) is 92.9 Å². The van der Waals surface area contributed by atoms with E-state index in [1.807, 2.05) is 12.1 Å². The van der Waals surface area contributed by atoms with E-state index < -0.39 is 16.9 Å². The molecule has 3 aromatic rings. The Morgan fingerprint density at radius 3 is 2.23 bits per heavy atom. The van der Waals surface area contributed by atoms with Gasteiger partial charge in [0.05, 0.1) is 4.92 Å². The summed E-state index contributed by atoms with van der Waals surface area (Å²) in [7, 11) is 0. The fourth-order valence-corrected chi connectivity index (χ4v) is 2.88. The van der Waals surface area contributed by atoms with Crippen molar-refractivity contribution in [1.82, 2.24) is 0 Å². The zero-order valence-electron chi connectivity index (χ0n) is 16.4. The van der Waals surface area contributed by atoms with E-state index >= 15 is 0 Å². The molecule has 0 unspecified atom stereocenters. The summed E-state index contributed by atoms with van der Waals surface area (Å²) < 4.78 is 6.56. The lowest BCUT2D eigenvalue weighted by Crippen LogP contribution is -2.30. The average Bonchev–Trinajstić information content (AvgIpc) is 2.76. The predicted octanol–water partition coefficient (Wildman–Crippen LogP) is 5.02. The lowest BCUT2D eigenvalue weighted by molar-refractivity contribution is -0.384. The molecule has 0 saturated heterocycles. The molecule has 0 fully saturated rings. The van der Waals surface area contributed by atoms with Crippen molar-refractivity contribution in [2.24, 2.45) is 0 Å². The maximum atomic E-state index is 12.3. The number of ether oxygens (including phenoxy) is 1. The van der Waals surface area contributed by atoms with Crippen molar-refractivity contribution in [2.75, 3.05) is 10.6 Å². The van der Waals surface area contributed by atoms with Crippen LogP contribution in [0.2, 0.25) is 0 Å². The molecule has 31 heavy (non-hydrogen) atoms. The van der Waals surface area contributed by atoms with Gasteiger partial charge in [0, 0.05) is 33.5 Å². The van der Waals surface area contributed by atoms with E-state index in [-0.39, 0.29) is 17.2 Å². The molecule has 0 aliphatic heterocycles. The minimum Gasteiger partial charge on any atom is -0.481 e. The SMILES string of the molecule is C[C@@H](Oc1ccc(NC(=O)c2cccc([N+](=O)[O-])c2)cc1)C(=O)Nc1ccc(Br)cc1. The van der Waals surface area contributed by atoms with Gasteiger partial charge < -0.3 is 15.4 Å². The third kappa shape index (κ3) is 6.13. The molecule has 2 N–H and O–H groups in total. The average molecular weight is 484 g/mol. The number of carbonyl (C=O) groups excluding carboxylic acids is 2. The van der Waals surface area contributed by atoms with Crippen LogP contribution >= 0.6 is 15.9 Å². The predicted molar refractivity (Wildman–Crippen MR) is 120 cm³/mol. The van der Waals surface area contributed by atoms with Gasteiger partial charge in [-0.3, -0.25) is 19.7 Å². The summed E-state index contributed by atoms with van der Waals surface area (Å²) in [4.78, 5) is 34.9. The molecule has 0 aromatic heterocycles. The number of benzene rings is 3. The van der Waals surface area contributed by atoms with Crippen molar-refractivity contribution in [3.8, 4) is 5.75 Å². The first kappa shape index (κ1) is 22.0. The molecule has 0 heterocycles. The Labute approximate surface area is 186 Å². The lowest BCUT2D eigenvalue weighted by atomic mass is 10.2. The molecule has 1 atom stereocenters. The lowest BCUT2D eigenvalue weighted by Gasteiger charge is -2.15. The highest BCUT2D eigenvalue weighted by Gasteiger charge is 2.15. The molecule has 2 amide bonds. The minimum atomic E-state index is -0.742. The summed E-state index contributed by atoms with van der Waals surface area (Å²) in [6.07, 6.45) is -0.742. The Hall–Kier alpha value is -3.72. The summed E-state index contributed by atoms with van der Waals surface area (Å²) in [6.45, 7) is 1.63. The van der Waals surface area contributed by atoms with Crippen LogP contribution in [0.1, 0.15) is 17.3 Å². The molecule has 3 aromatic carbocycles. The molecule has 0 radical (unpaired) electrons. The second kappa shape index (κ2) is 9.86. The van der Waals surface area contributed by atoms with Crippen molar-refractivity contribution in [1.29, 1.82) is 0 Å². The van der Waals surface area contributed by atoms with E-state index in [9.17, 15) is 19.7 Å². The van der Waals surface area contributed by atoms with E-state index in [0.717, 1.165) is 4.47 Å². The van der Waals surface area contributed by atoms with Crippen LogP contribution in [-0.4, -0.2) is 22.8 Å². The number of nitro groups is 1. The van der Waals surface area contributed by atoms with Crippen LogP contribution in [-0.2, 0) is 4.79 Å². The van der Waals surface area contributed by atoms with Gasteiger partial charge in [-0.2, -0.15) is 0 Å². The molecular weight excluding hydrogens is 466 g/mol. The molecule has 0 saturated carbocycles. The van der Waals surface area contributed by atoms with Crippen molar-refractivity contribution < 1.29 is 19.2 Å². The highest BCUT2D eigenvalue weighted by molar-refractivity contribution is 9.10. The number of nitro benzene ring substituents is 1. The second-order valence-corrected chi connectivity index (χ2v) is 7.46. The molecule has 0 aliphatic rings. The number of nitrogens with zero attached hydrogens (tertiary/aromatic N) is 1. The number of amides is 2. The van der Waals surface area contributed by atoms with Gasteiger partial charge in [0.2, 0.25) is 0 Å². The number of hydrogen-bond donors (Lipinski definition) is 2. The van der Waals surface area contributed by atoms with E-state index in [0.29, 0.717) is 17.1 Å². The van der Waals surface area contributed by atoms with E-state index in [4.69, 9.17) is 4.74 Å². The largest absolute Gasteiger partial charge is 0.481 e. The van der Waals surface area contributed by atoms with Gasteiger partial charge in [0.1, 0.15) is 5.75 Å². The van der Waals surface area contributed by atoms with Gasteiger partial charge in [0.25, 0.3) is 17.5 Å². The maximum absolute atomic E-state index is 12.3. The van der Waals surface area contributed by atoms with E-state index in [1.54, 1.807) is 43.3 Å². The molecule has 3 rings (SSSR count). The minimum absolute atomic E-state index is 0.160. The number of non-ortho nitro benzene ring substituents is 1. The standard InChI is InChI=1S/C22H18BrN3O5/c1-14(21(27)24-17-7-5-16(23)6-8-17)31-20-11-9-18(10-12-20)25-22(28)15-3-2-4-19(13-15)26(29)30/h2-14H,1H3,(H,24,27)(H,25,28)/t14-/m1/s1. The molecule has 0 bridgehead atoms. The normalized spacial score (nSPS) is 11.3. The quantitative estimate of drug-likeness (QED) is 0.362. The highest BCUT2D eigenvalue weighted by Crippen LogP contribution is 2.20. The van der Waals surface area contributed by atoms with Crippen LogP contribution < -0.4 is 15.4 Å². The van der Waals surface area contributed by atoms with Crippen LogP contribution in [0.25, 0.3) is 0 Å². The number of anilines is 2. The summed E-state index contributed by atoms with van der Waals surface area (Å²) in [5.41, 5.74) is 1.15. The first-order valence-corrected chi connectivity index (χ1v) is 10.00. The number of carbonyl (C=O) groups is 2. The number of halogens is 1. The van der Waals surface area contributed by atoms with Crippen LogP contribution in [0.3, 0.4) is 0 Å². The van der Waals surface area contributed by atoms with Crippen LogP contribution in [0, 0.1) is 10.1 Å². The fourth-order valence-electron chi connectivity index (χ4n) is 2.62. The molecule has 8 nitrogen and oxygen atoms in total. The smallest absolute Gasteiger partial charge is 0.270 e. The van der Waals surface area contributed by atoms with Crippen molar-refractivity contribution in [3.63, 3.8) is 0 Å². The maximum Gasteiger partial charge on any atom is 0.270 e. The summed E-state index contributed by atoms with van der Waals surface area (Å²) in [5, 5.41) is 16.3. The summed E-state index contributed by atoms with van der Waals surface area (Å²) in [5.74, 6) is -0.322. The first-order valence-electron chi connectivity index (χ1n) is 9.21. The molecule has 0 aliphatic carbocycles. The first-order chi connectivity index (χ1) is 14.8. The Kier molecular flexibility index (Phi) is 6.99. The van der Waals surface area contributed by atoms with Crippen LogP contribution in [0.5, 0.6) is 5.75 Å². The monoisotopic (exact) mass is 483 g/mol. The zero-order chi connectivity index (χ0) is 22.4. The van der Waals surface area contributed by atoms with Crippen LogP contribution in [0.4, 0.5) is 17.1 Å². The van der Waals surface area contributed by atoms with Gasteiger partial charge in [-0.1, -0.05) is 22.0 Å². The summed E-state index contributed by atoms with van der Waals surface area (Å²) in [6, 6.07) is 19.1. The van der Waals surface area contributed by atoms with E-state index in [1.165, 1.54) is 24.3 Å². The Balaban J connectivity index is 1.57. The van der Waals surface area contributed by atoms with Crippen molar-refractivity contribution >= 4 is 44.8 Å². The van der Waals surface area contributed by atoms with Gasteiger partial charge in [0.15, 0.2) is 6.10 Å². The second-order valence-electron chi connectivity index (χ2n) is 6.54. The van der Waals surface area contributed by atoms with Crippen LogP contribution in [0.15, 0.2) is 77.3 Å². The number of hydrogen-bond acceptors (Lipinski definition) is 5. The highest BCUT2D eigenvalue weighted by atomic mass is 79.9. The molecule has 9 heteroatoms. The number of nitrogens with one attached hydrogen (secondary N) is 2. The zero-order valence-corrected chi connectivity index (χ0v) is 18.0. The van der Waals surface area contributed by atoms with Gasteiger partial charge in [-0.15, -0.1) is 0 Å². The molecular formula is C22H18BrN3O5. The Morgan fingerprint density at radius 1 is 0.968 bits per heavy atom. The van der Waals surface area contributed by atoms with Gasteiger partial charge >= 0.3 is 0 Å². The van der Waals surface area contributed by atoms with Gasteiger partial charge in [-0.25, -0.2) is 0 Å². The van der Waals surface area contributed by atoms with E-state index in [2.05, 4.69) is 26.6 Å². The number of rotatable bonds is 7. The topological polar surface area (TPSA) is 111 Å².